The second-order valence-corrected chi connectivity index (χ2v) is 4.38. The molecule has 5 nitrogen and oxygen atoms in total. The topological polar surface area (TPSA) is 64.8 Å². The van der Waals surface area contributed by atoms with Crippen molar-refractivity contribution in [2.75, 3.05) is 0 Å². The number of nitrogens with zero attached hydrogens (tertiary/aromatic N) is 3. The average Bonchev–Trinajstić information content (AvgIpc) is 2.61. The van der Waals surface area contributed by atoms with Crippen LogP contribution in [0.25, 0.3) is 5.69 Å². The zero-order valence-corrected chi connectivity index (χ0v) is 9.15. The molecule has 0 unspecified atom stereocenters. The average molecular weight is 241 g/mol. The van der Waals surface area contributed by atoms with E-state index in [1.54, 1.807) is 37.3 Å². The second kappa shape index (κ2) is 3.67. The number of para-hydroxylation sites is 1. The van der Waals surface area contributed by atoms with Crippen molar-refractivity contribution in [3.05, 3.63) is 36.2 Å². The maximum absolute atomic E-state index is 12.9. The molecule has 0 atom stereocenters. The SMILES string of the molecule is Cc1nnc(S(=O)(=O)F)n1-c1ccccc1. The summed E-state index contributed by atoms with van der Waals surface area (Å²) in [5.41, 5.74) is 0.501. The monoisotopic (exact) mass is 241 g/mol. The second-order valence-electron chi connectivity index (χ2n) is 3.14. The summed E-state index contributed by atoms with van der Waals surface area (Å²) in [5.74, 6) is 0.308. The Kier molecular flexibility index (Phi) is 2.47. The van der Waals surface area contributed by atoms with Crippen LogP contribution < -0.4 is 0 Å². The molecule has 0 bridgehead atoms. The van der Waals surface area contributed by atoms with Crippen molar-refractivity contribution in [1.29, 1.82) is 0 Å². The summed E-state index contributed by atoms with van der Waals surface area (Å²) < 4.78 is 35.8. The fourth-order valence-corrected chi connectivity index (χ4v) is 1.97. The van der Waals surface area contributed by atoms with E-state index in [1.165, 1.54) is 0 Å². The summed E-state index contributed by atoms with van der Waals surface area (Å²) >= 11 is 0. The van der Waals surface area contributed by atoms with E-state index in [-0.39, 0.29) is 0 Å². The van der Waals surface area contributed by atoms with Crippen molar-refractivity contribution in [2.24, 2.45) is 0 Å². The van der Waals surface area contributed by atoms with Gasteiger partial charge >= 0.3 is 10.2 Å². The molecule has 16 heavy (non-hydrogen) atoms. The molecule has 0 amide bonds. The van der Waals surface area contributed by atoms with Crippen LogP contribution >= 0.6 is 0 Å². The predicted molar refractivity (Wildman–Crippen MR) is 54.4 cm³/mol. The highest BCUT2D eigenvalue weighted by Gasteiger charge is 2.23. The lowest BCUT2D eigenvalue weighted by atomic mass is 10.3. The van der Waals surface area contributed by atoms with Crippen molar-refractivity contribution < 1.29 is 12.3 Å². The fraction of sp³-hybridized carbons (Fsp3) is 0.111. The molecule has 0 radical (unpaired) electrons. The van der Waals surface area contributed by atoms with E-state index in [4.69, 9.17) is 0 Å². The molecular weight excluding hydrogens is 233 g/mol. The molecule has 84 valence electrons. The number of hydrogen-bond donors (Lipinski definition) is 0. The Morgan fingerprint density at radius 1 is 1.19 bits per heavy atom. The molecule has 2 aromatic rings. The van der Waals surface area contributed by atoms with Crippen LogP contribution in [0.4, 0.5) is 3.89 Å². The third kappa shape index (κ3) is 1.81. The van der Waals surface area contributed by atoms with Crippen LogP contribution in [0.5, 0.6) is 0 Å². The molecule has 2 rings (SSSR count). The Labute approximate surface area is 91.8 Å². The summed E-state index contributed by atoms with van der Waals surface area (Å²) in [6.07, 6.45) is 0. The van der Waals surface area contributed by atoms with Gasteiger partial charge in [-0.1, -0.05) is 22.1 Å². The van der Waals surface area contributed by atoms with Gasteiger partial charge in [0.15, 0.2) is 0 Å². The molecule has 1 aromatic carbocycles. The smallest absolute Gasteiger partial charge is 0.268 e. The highest BCUT2D eigenvalue weighted by molar-refractivity contribution is 7.86. The molecule has 0 aliphatic heterocycles. The summed E-state index contributed by atoms with van der Waals surface area (Å²) in [4.78, 5) is 0. The largest absolute Gasteiger partial charge is 0.368 e. The number of benzene rings is 1. The van der Waals surface area contributed by atoms with E-state index in [0.29, 0.717) is 11.5 Å². The number of rotatable bonds is 2. The molecule has 0 spiro atoms. The van der Waals surface area contributed by atoms with Gasteiger partial charge in [0.05, 0.1) is 0 Å². The summed E-state index contributed by atoms with van der Waals surface area (Å²) in [6.45, 7) is 1.55. The molecule has 0 fully saturated rings. The lowest BCUT2D eigenvalue weighted by Gasteiger charge is -2.05. The lowest BCUT2D eigenvalue weighted by molar-refractivity contribution is 0.538. The predicted octanol–water partition coefficient (Wildman–Crippen LogP) is 1.23. The highest BCUT2D eigenvalue weighted by Crippen LogP contribution is 2.17. The summed E-state index contributed by atoms with van der Waals surface area (Å²) in [6, 6.07) is 8.48. The molecule has 0 saturated carbocycles. The van der Waals surface area contributed by atoms with Crippen molar-refractivity contribution >= 4 is 10.2 Å². The van der Waals surface area contributed by atoms with Crippen LogP contribution in [-0.4, -0.2) is 23.2 Å². The first-order valence-electron chi connectivity index (χ1n) is 4.42. The number of aryl methyl sites for hydroxylation is 1. The molecule has 0 saturated heterocycles. The zero-order chi connectivity index (χ0) is 11.8. The third-order valence-corrected chi connectivity index (χ3v) is 2.73. The molecule has 1 heterocycles. The van der Waals surface area contributed by atoms with Crippen LogP contribution in [0.3, 0.4) is 0 Å². The highest BCUT2D eigenvalue weighted by atomic mass is 32.3. The van der Waals surface area contributed by atoms with E-state index in [0.717, 1.165) is 4.57 Å². The minimum absolute atomic E-state index is 0.308. The Bertz CT molecular complexity index is 607. The van der Waals surface area contributed by atoms with Crippen LogP contribution in [0, 0.1) is 6.92 Å². The van der Waals surface area contributed by atoms with Crippen molar-refractivity contribution in [3.63, 3.8) is 0 Å². The van der Waals surface area contributed by atoms with Crippen molar-refractivity contribution in [2.45, 2.75) is 12.1 Å². The van der Waals surface area contributed by atoms with E-state index in [9.17, 15) is 12.3 Å². The Morgan fingerprint density at radius 3 is 2.38 bits per heavy atom. The van der Waals surface area contributed by atoms with Crippen LogP contribution in [-0.2, 0) is 10.2 Å². The van der Waals surface area contributed by atoms with Gasteiger partial charge in [0.25, 0.3) is 5.16 Å². The van der Waals surface area contributed by atoms with Gasteiger partial charge in [-0.15, -0.1) is 10.2 Å². The first kappa shape index (κ1) is 10.7. The van der Waals surface area contributed by atoms with Gasteiger partial charge in [0, 0.05) is 5.69 Å². The zero-order valence-electron chi connectivity index (χ0n) is 8.33. The standard InChI is InChI=1S/C9H8FN3O2S/c1-7-11-12-9(16(10,14)15)13(7)8-5-3-2-4-6-8/h2-6H,1H3. The maximum Gasteiger partial charge on any atom is 0.368 e. The van der Waals surface area contributed by atoms with Gasteiger partial charge in [0.1, 0.15) is 5.82 Å². The molecular formula is C9H8FN3O2S. The van der Waals surface area contributed by atoms with Gasteiger partial charge in [-0.3, -0.25) is 4.57 Å². The van der Waals surface area contributed by atoms with E-state index >= 15 is 0 Å². The van der Waals surface area contributed by atoms with Gasteiger partial charge in [-0.2, -0.15) is 8.42 Å². The van der Waals surface area contributed by atoms with Gasteiger partial charge < -0.3 is 0 Å². The normalized spacial score (nSPS) is 11.6. The minimum atomic E-state index is -4.87. The van der Waals surface area contributed by atoms with E-state index in [2.05, 4.69) is 10.2 Å². The minimum Gasteiger partial charge on any atom is -0.268 e. The summed E-state index contributed by atoms with van der Waals surface area (Å²) in [7, 11) is -4.87. The Hall–Kier alpha value is -1.76. The van der Waals surface area contributed by atoms with Gasteiger partial charge in [0.2, 0.25) is 0 Å². The van der Waals surface area contributed by atoms with Gasteiger partial charge in [-0.05, 0) is 19.1 Å². The van der Waals surface area contributed by atoms with Crippen molar-refractivity contribution in [1.82, 2.24) is 14.8 Å². The first-order chi connectivity index (χ1) is 7.50. The lowest BCUT2D eigenvalue weighted by Crippen LogP contribution is -2.06. The van der Waals surface area contributed by atoms with Gasteiger partial charge in [-0.25, -0.2) is 0 Å². The van der Waals surface area contributed by atoms with E-state index in [1.807, 2.05) is 0 Å². The van der Waals surface area contributed by atoms with Crippen molar-refractivity contribution in [3.8, 4) is 5.69 Å². The molecule has 7 heteroatoms. The van der Waals surface area contributed by atoms with E-state index < -0.39 is 15.4 Å². The van der Waals surface area contributed by atoms with Crippen LogP contribution in [0.1, 0.15) is 5.82 Å². The number of halogens is 1. The summed E-state index contributed by atoms with van der Waals surface area (Å²) in [5, 5.41) is 6.17. The number of aromatic nitrogens is 3. The Balaban J connectivity index is 2.71. The van der Waals surface area contributed by atoms with Crippen LogP contribution in [0.2, 0.25) is 0 Å². The molecule has 1 aromatic heterocycles. The molecule has 0 N–H and O–H groups in total. The number of hydrogen-bond acceptors (Lipinski definition) is 4. The maximum atomic E-state index is 12.9. The third-order valence-electron chi connectivity index (χ3n) is 2.03. The van der Waals surface area contributed by atoms with Crippen LogP contribution in [0.15, 0.2) is 35.5 Å². The Morgan fingerprint density at radius 2 is 1.81 bits per heavy atom. The first-order valence-corrected chi connectivity index (χ1v) is 5.80. The fourth-order valence-electron chi connectivity index (χ4n) is 1.38. The molecule has 0 aliphatic rings. The quantitative estimate of drug-likeness (QED) is 0.742. The molecule has 0 aliphatic carbocycles.